The van der Waals surface area contributed by atoms with Gasteiger partial charge in [-0.05, 0) is 36.1 Å². The van der Waals surface area contributed by atoms with Crippen LogP contribution >= 0.6 is 0 Å². The summed E-state index contributed by atoms with van der Waals surface area (Å²) < 4.78 is 39.7. The molecule has 2 aromatic carbocycles. The number of halogens is 3. The minimum atomic E-state index is -4.47. The molecule has 0 spiro atoms. The zero-order valence-corrected chi connectivity index (χ0v) is 17.7. The van der Waals surface area contributed by atoms with Crippen LogP contribution in [-0.4, -0.2) is 36.3 Å². The normalized spacial score (nSPS) is 19.0. The van der Waals surface area contributed by atoms with E-state index < -0.39 is 23.6 Å². The lowest BCUT2D eigenvalue weighted by atomic mass is 9.87. The fourth-order valence-corrected chi connectivity index (χ4v) is 3.90. The van der Waals surface area contributed by atoms with Gasteiger partial charge in [0.1, 0.15) is 0 Å². The van der Waals surface area contributed by atoms with E-state index in [9.17, 15) is 22.8 Å². The molecule has 0 saturated carbocycles. The first-order valence-corrected chi connectivity index (χ1v) is 10.5. The highest BCUT2D eigenvalue weighted by Crippen LogP contribution is 2.37. The van der Waals surface area contributed by atoms with Crippen molar-refractivity contribution in [3.05, 3.63) is 71.3 Å². The molecule has 0 aromatic heterocycles. The Labute approximate surface area is 180 Å². The molecule has 166 valence electrons. The van der Waals surface area contributed by atoms with E-state index in [1.807, 2.05) is 13.8 Å². The van der Waals surface area contributed by atoms with Gasteiger partial charge in [-0.25, -0.2) is 0 Å². The second-order valence-electron chi connectivity index (χ2n) is 8.39. The smallest absolute Gasteiger partial charge is 0.356 e. The third-order valence-corrected chi connectivity index (χ3v) is 5.63. The zero-order valence-electron chi connectivity index (χ0n) is 17.7. The van der Waals surface area contributed by atoms with E-state index in [1.54, 1.807) is 41.3 Å². The Morgan fingerprint density at radius 1 is 1.06 bits per heavy atom. The summed E-state index contributed by atoms with van der Waals surface area (Å²) in [5.41, 5.74) is 0.158. The molecule has 1 fully saturated rings. The molecule has 0 aliphatic carbocycles. The lowest BCUT2D eigenvalue weighted by molar-refractivity contribution is -0.137. The summed E-state index contributed by atoms with van der Waals surface area (Å²) in [4.78, 5) is 27.4. The van der Waals surface area contributed by atoms with Crippen molar-refractivity contribution in [1.82, 2.24) is 10.2 Å². The maximum Gasteiger partial charge on any atom is 0.416 e. The number of hydrogen-bond donors (Lipinski definition) is 1. The van der Waals surface area contributed by atoms with Crippen molar-refractivity contribution >= 4 is 11.8 Å². The van der Waals surface area contributed by atoms with E-state index in [0.717, 1.165) is 18.6 Å². The maximum atomic E-state index is 13.2. The van der Waals surface area contributed by atoms with Crippen molar-refractivity contribution in [2.75, 3.05) is 19.6 Å². The van der Waals surface area contributed by atoms with Crippen LogP contribution in [0.1, 0.15) is 47.7 Å². The number of carbonyl (C=O) groups is 2. The molecule has 1 heterocycles. The second-order valence-corrected chi connectivity index (χ2v) is 8.39. The van der Waals surface area contributed by atoms with Crippen LogP contribution in [0.4, 0.5) is 13.2 Å². The van der Waals surface area contributed by atoms with Gasteiger partial charge in [0.15, 0.2) is 0 Å². The molecule has 31 heavy (non-hydrogen) atoms. The number of benzene rings is 2. The fraction of sp³-hybridized carbons (Fsp3) is 0.417. The van der Waals surface area contributed by atoms with Gasteiger partial charge in [0.25, 0.3) is 5.91 Å². The van der Waals surface area contributed by atoms with Crippen molar-refractivity contribution in [2.45, 2.75) is 32.4 Å². The Kier molecular flexibility index (Phi) is 7.03. The highest BCUT2D eigenvalue weighted by Gasteiger charge is 2.41. The van der Waals surface area contributed by atoms with Gasteiger partial charge >= 0.3 is 6.18 Å². The summed E-state index contributed by atoms with van der Waals surface area (Å²) in [6.07, 6.45) is -3.66. The van der Waals surface area contributed by atoms with Crippen LogP contribution in [-0.2, 0) is 11.0 Å². The van der Waals surface area contributed by atoms with Gasteiger partial charge in [0.05, 0.1) is 11.5 Å². The first kappa shape index (κ1) is 22.8. The average Bonchev–Trinajstić information content (AvgIpc) is 3.18. The van der Waals surface area contributed by atoms with E-state index in [4.69, 9.17) is 0 Å². The first-order chi connectivity index (χ1) is 14.7. The number of nitrogens with zero attached hydrogens (tertiary/aromatic N) is 1. The highest BCUT2D eigenvalue weighted by molar-refractivity contribution is 5.95. The third kappa shape index (κ3) is 5.66. The Hall–Kier alpha value is -2.83. The molecule has 0 radical (unpaired) electrons. The summed E-state index contributed by atoms with van der Waals surface area (Å²) in [6.45, 7) is 4.95. The summed E-state index contributed by atoms with van der Waals surface area (Å²) in [5, 5.41) is 2.90. The Balaban J connectivity index is 1.86. The van der Waals surface area contributed by atoms with E-state index in [1.165, 1.54) is 6.07 Å². The van der Waals surface area contributed by atoms with Crippen LogP contribution in [0.25, 0.3) is 0 Å². The van der Waals surface area contributed by atoms with Gasteiger partial charge < -0.3 is 10.2 Å². The molecule has 2 aromatic rings. The average molecular weight is 432 g/mol. The van der Waals surface area contributed by atoms with Crippen LogP contribution < -0.4 is 5.32 Å². The number of hydrogen-bond acceptors (Lipinski definition) is 2. The monoisotopic (exact) mass is 432 g/mol. The van der Waals surface area contributed by atoms with Gasteiger partial charge in [-0.2, -0.15) is 13.2 Å². The summed E-state index contributed by atoms with van der Waals surface area (Å²) >= 11 is 0. The molecule has 3 rings (SSSR count). The van der Waals surface area contributed by atoms with Crippen molar-refractivity contribution in [3.8, 4) is 0 Å². The van der Waals surface area contributed by atoms with Crippen LogP contribution in [0.15, 0.2) is 54.6 Å². The molecule has 0 unspecified atom stereocenters. The number of alkyl halides is 3. The molecule has 1 aliphatic rings. The first-order valence-electron chi connectivity index (χ1n) is 10.5. The summed E-state index contributed by atoms with van der Waals surface area (Å²) in [7, 11) is 0. The molecule has 2 amide bonds. The van der Waals surface area contributed by atoms with Crippen LogP contribution in [0, 0.1) is 11.8 Å². The van der Waals surface area contributed by atoms with Gasteiger partial charge in [0, 0.05) is 31.1 Å². The summed E-state index contributed by atoms with van der Waals surface area (Å²) in [5.74, 6) is -1.15. The SMILES string of the molecule is CC(C)CCNC(=O)[C@@H]1CN(C(=O)c2ccccc2)C[C@@H]1c1cccc(C(F)(F)F)c1. The van der Waals surface area contributed by atoms with Crippen LogP contribution in [0.2, 0.25) is 0 Å². The molecule has 1 saturated heterocycles. The zero-order chi connectivity index (χ0) is 22.6. The number of nitrogens with one attached hydrogen (secondary N) is 1. The number of rotatable bonds is 6. The lowest BCUT2D eigenvalue weighted by Gasteiger charge is -2.19. The second kappa shape index (κ2) is 9.54. The van der Waals surface area contributed by atoms with Gasteiger partial charge in [-0.1, -0.05) is 50.2 Å². The molecule has 1 N–H and O–H groups in total. The topological polar surface area (TPSA) is 49.4 Å². The maximum absolute atomic E-state index is 13.2. The van der Waals surface area contributed by atoms with E-state index >= 15 is 0 Å². The molecular weight excluding hydrogens is 405 g/mol. The predicted octanol–water partition coefficient (Wildman–Crippen LogP) is 4.72. The fourth-order valence-electron chi connectivity index (χ4n) is 3.90. The predicted molar refractivity (Wildman–Crippen MR) is 112 cm³/mol. The quantitative estimate of drug-likeness (QED) is 0.718. The van der Waals surface area contributed by atoms with E-state index in [0.29, 0.717) is 23.6 Å². The number of likely N-dealkylation sites (tertiary alicyclic amines) is 1. The lowest BCUT2D eigenvalue weighted by Crippen LogP contribution is -2.36. The van der Waals surface area contributed by atoms with Crippen LogP contribution in [0.5, 0.6) is 0 Å². The highest BCUT2D eigenvalue weighted by atomic mass is 19.4. The number of carbonyl (C=O) groups excluding carboxylic acids is 2. The van der Waals surface area contributed by atoms with Crippen LogP contribution in [0.3, 0.4) is 0 Å². The molecule has 1 aliphatic heterocycles. The standard InChI is InChI=1S/C24H27F3N2O2/c1-16(2)11-12-28-22(30)21-15-29(23(31)17-7-4-3-5-8-17)14-20(21)18-9-6-10-19(13-18)24(25,26)27/h3-10,13,16,20-21H,11-12,14-15H2,1-2H3,(H,28,30)/t20-,21-/m1/s1. The van der Waals surface area contributed by atoms with Gasteiger partial charge in [0.2, 0.25) is 5.91 Å². The molecule has 2 atom stereocenters. The molecule has 4 nitrogen and oxygen atoms in total. The number of amides is 2. The largest absolute Gasteiger partial charge is 0.416 e. The van der Waals surface area contributed by atoms with Crippen molar-refractivity contribution in [1.29, 1.82) is 0 Å². The van der Waals surface area contributed by atoms with Crippen molar-refractivity contribution in [2.24, 2.45) is 11.8 Å². The minimum absolute atomic E-state index is 0.169. The van der Waals surface area contributed by atoms with Gasteiger partial charge in [-0.3, -0.25) is 9.59 Å². The summed E-state index contributed by atoms with van der Waals surface area (Å²) in [6, 6.07) is 13.8. The molecular formula is C24H27F3N2O2. The minimum Gasteiger partial charge on any atom is -0.356 e. The van der Waals surface area contributed by atoms with E-state index in [2.05, 4.69) is 5.32 Å². The molecule has 0 bridgehead atoms. The molecule has 7 heteroatoms. The Morgan fingerprint density at radius 3 is 2.42 bits per heavy atom. The van der Waals surface area contributed by atoms with Crippen molar-refractivity contribution < 1.29 is 22.8 Å². The van der Waals surface area contributed by atoms with E-state index in [-0.39, 0.29) is 24.9 Å². The third-order valence-electron chi connectivity index (χ3n) is 5.63. The van der Waals surface area contributed by atoms with Crippen molar-refractivity contribution in [3.63, 3.8) is 0 Å². The Morgan fingerprint density at radius 2 is 1.77 bits per heavy atom. The van der Waals surface area contributed by atoms with Gasteiger partial charge in [-0.15, -0.1) is 0 Å². The Bertz CT molecular complexity index is 913.